The van der Waals surface area contributed by atoms with Crippen molar-refractivity contribution in [2.45, 2.75) is 23.3 Å². The quantitative estimate of drug-likeness (QED) is 0.507. The number of carbonyl (C=O) groups is 1. The summed E-state index contributed by atoms with van der Waals surface area (Å²) < 4.78 is 0. The molecule has 27 heavy (non-hydrogen) atoms. The monoisotopic (exact) mass is 379 g/mol. The van der Waals surface area contributed by atoms with Gasteiger partial charge in [-0.05, 0) is 43.3 Å². The first-order chi connectivity index (χ1) is 13.0. The molecule has 0 radical (unpaired) electrons. The molecule has 0 aliphatic rings. The van der Waals surface area contributed by atoms with Crippen LogP contribution in [0.25, 0.3) is 0 Å². The zero-order valence-corrected chi connectivity index (χ0v) is 15.4. The Hall–Kier alpha value is -3.19. The third kappa shape index (κ3) is 4.92. The van der Waals surface area contributed by atoms with Gasteiger partial charge in [0.1, 0.15) is 0 Å². The standard InChI is InChI=1S/C20H17N3O3S/c1-14-5-8-17(9-6-14)27-19-10-7-15(12-18(19)23(25)26)20(24)22-13-16-4-2-3-11-21-16/h2-12H,13H2,1H3,(H,22,24). The van der Waals surface area contributed by atoms with Gasteiger partial charge in [-0.15, -0.1) is 0 Å². The van der Waals surface area contributed by atoms with Crippen molar-refractivity contribution < 1.29 is 9.72 Å². The zero-order valence-electron chi connectivity index (χ0n) is 14.6. The first kappa shape index (κ1) is 18.6. The maximum Gasteiger partial charge on any atom is 0.284 e. The molecule has 1 heterocycles. The third-order valence-electron chi connectivity index (χ3n) is 3.82. The highest BCUT2D eigenvalue weighted by Crippen LogP contribution is 2.35. The van der Waals surface area contributed by atoms with E-state index in [1.54, 1.807) is 30.5 Å². The molecular formula is C20H17N3O3S. The van der Waals surface area contributed by atoms with E-state index in [-0.39, 0.29) is 23.7 Å². The molecule has 2 aromatic carbocycles. The summed E-state index contributed by atoms with van der Waals surface area (Å²) in [5, 5.41) is 14.2. The normalized spacial score (nSPS) is 10.4. The van der Waals surface area contributed by atoms with E-state index in [0.717, 1.165) is 10.5 Å². The lowest BCUT2D eigenvalue weighted by Crippen LogP contribution is -2.23. The second-order valence-electron chi connectivity index (χ2n) is 5.86. The van der Waals surface area contributed by atoms with E-state index in [0.29, 0.717) is 10.6 Å². The number of carbonyl (C=O) groups excluding carboxylic acids is 1. The van der Waals surface area contributed by atoms with Gasteiger partial charge in [-0.2, -0.15) is 0 Å². The van der Waals surface area contributed by atoms with Gasteiger partial charge in [0.05, 0.1) is 22.1 Å². The Morgan fingerprint density at radius 1 is 1.15 bits per heavy atom. The Labute approximate surface area is 160 Å². The van der Waals surface area contributed by atoms with Crippen molar-refractivity contribution in [2.24, 2.45) is 0 Å². The fourth-order valence-corrected chi connectivity index (χ4v) is 3.30. The van der Waals surface area contributed by atoms with E-state index in [9.17, 15) is 14.9 Å². The Morgan fingerprint density at radius 3 is 2.59 bits per heavy atom. The largest absolute Gasteiger partial charge is 0.346 e. The Kier molecular flexibility index (Phi) is 5.83. The van der Waals surface area contributed by atoms with Gasteiger partial charge in [0.15, 0.2) is 0 Å². The summed E-state index contributed by atoms with van der Waals surface area (Å²) >= 11 is 1.30. The average molecular weight is 379 g/mol. The van der Waals surface area contributed by atoms with Gasteiger partial charge in [0.25, 0.3) is 11.6 Å². The highest BCUT2D eigenvalue weighted by Gasteiger charge is 2.18. The summed E-state index contributed by atoms with van der Waals surface area (Å²) in [6.45, 7) is 2.24. The molecule has 1 N–H and O–H groups in total. The molecule has 6 nitrogen and oxygen atoms in total. The SMILES string of the molecule is Cc1ccc(Sc2ccc(C(=O)NCc3ccccn3)cc2[N+](=O)[O-])cc1. The highest BCUT2D eigenvalue weighted by molar-refractivity contribution is 7.99. The van der Waals surface area contributed by atoms with Gasteiger partial charge in [0, 0.05) is 22.7 Å². The van der Waals surface area contributed by atoms with Gasteiger partial charge in [-0.1, -0.05) is 35.5 Å². The van der Waals surface area contributed by atoms with Crippen LogP contribution in [0.3, 0.4) is 0 Å². The van der Waals surface area contributed by atoms with Crippen LogP contribution in [0.5, 0.6) is 0 Å². The highest BCUT2D eigenvalue weighted by atomic mass is 32.2. The number of nitrogens with one attached hydrogen (secondary N) is 1. The molecule has 7 heteroatoms. The second kappa shape index (κ2) is 8.46. The smallest absolute Gasteiger partial charge is 0.284 e. The first-order valence-electron chi connectivity index (χ1n) is 8.24. The molecule has 0 atom stereocenters. The molecule has 0 unspecified atom stereocenters. The summed E-state index contributed by atoms with van der Waals surface area (Å²) in [5.74, 6) is -0.379. The zero-order chi connectivity index (χ0) is 19.2. The minimum absolute atomic E-state index is 0.0916. The number of nitrogens with zero attached hydrogens (tertiary/aromatic N) is 2. The van der Waals surface area contributed by atoms with Crippen molar-refractivity contribution in [3.05, 3.63) is 93.8 Å². The molecule has 0 aliphatic carbocycles. The number of amides is 1. The lowest BCUT2D eigenvalue weighted by molar-refractivity contribution is -0.387. The summed E-state index contributed by atoms with van der Waals surface area (Å²) in [4.78, 5) is 28.9. The predicted octanol–water partition coefficient (Wildman–Crippen LogP) is 4.38. The molecule has 3 aromatic rings. The molecule has 0 fully saturated rings. The van der Waals surface area contributed by atoms with E-state index in [4.69, 9.17) is 0 Å². The van der Waals surface area contributed by atoms with Gasteiger partial charge in [-0.25, -0.2) is 0 Å². The summed E-state index contributed by atoms with van der Waals surface area (Å²) in [7, 11) is 0. The molecular weight excluding hydrogens is 362 g/mol. The van der Waals surface area contributed by atoms with E-state index < -0.39 is 4.92 Å². The summed E-state index contributed by atoms with van der Waals surface area (Å²) in [6, 6.07) is 17.7. The second-order valence-corrected chi connectivity index (χ2v) is 6.97. The van der Waals surface area contributed by atoms with E-state index in [2.05, 4.69) is 10.3 Å². The van der Waals surface area contributed by atoms with Crippen LogP contribution in [0.2, 0.25) is 0 Å². The van der Waals surface area contributed by atoms with Crippen LogP contribution in [0.4, 0.5) is 5.69 Å². The van der Waals surface area contributed by atoms with Gasteiger partial charge in [0.2, 0.25) is 0 Å². The van der Waals surface area contributed by atoms with Crippen LogP contribution in [-0.2, 0) is 6.54 Å². The maximum absolute atomic E-state index is 12.3. The molecule has 136 valence electrons. The van der Waals surface area contributed by atoms with Crippen molar-refractivity contribution in [3.63, 3.8) is 0 Å². The summed E-state index contributed by atoms with van der Waals surface area (Å²) in [5.41, 5.74) is 1.98. The molecule has 0 aliphatic heterocycles. The number of nitro groups is 1. The molecule has 0 saturated heterocycles. The Morgan fingerprint density at radius 2 is 1.93 bits per heavy atom. The van der Waals surface area contributed by atoms with Crippen LogP contribution in [0.15, 0.2) is 76.7 Å². The summed E-state index contributed by atoms with van der Waals surface area (Å²) in [6.07, 6.45) is 1.64. The van der Waals surface area contributed by atoms with Crippen LogP contribution in [0.1, 0.15) is 21.6 Å². The molecule has 0 saturated carbocycles. The number of pyridine rings is 1. The molecule has 1 aromatic heterocycles. The topological polar surface area (TPSA) is 85.1 Å². The molecule has 0 bridgehead atoms. The van der Waals surface area contributed by atoms with Gasteiger partial charge < -0.3 is 5.32 Å². The van der Waals surface area contributed by atoms with E-state index in [1.165, 1.54) is 17.8 Å². The van der Waals surface area contributed by atoms with Crippen molar-refractivity contribution in [1.29, 1.82) is 0 Å². The third-order valence-corrected chi connectivity index (χ3v) is 4.90. The number of hydrogen-bond donors (Lipinski definition) is 1. The van der Waals surface area contributed by atoms with Crippen LogP contribution in [0, 0.1) is 17.0 Å². The molecule has 3 rings (SSSR count). The number of aromatic nitrogens is 1. The fourth-order valence-electron chi connectivity index (χ4n) is 2.40. The fraction of sp³-hybridized carbons (Fsp3) is 0.100. The number of aryl methyl sites for hydroxylation is 1. The van der Waals surface area contributed by atoms with Gasteiger partial charge in [-0.3, -0.25) is 19.9 Å². The number of nitro benzene ring substituents is 1. The van der Waals surface area contributed by atoms with Crippen LogP contribution in [-0.4, -0.2) is 15.8 Å². The Bertz CT molecular complexity index is 960. The maximum atomic E-state index is 12.3. The van der Waals surface area contributed by atoms with E-state index in [1.807, 2.05) is 37.3 Å². The van der Waals surface area contributed by atoms with Crippen molar-refractivity contribution >= 4 is 23.4 Å². The number of hydrogen-bond acceptors (Lipinski definition) is 5. The first-order valence-corrected chi connectivity index (χ1v) is 9.05. The predicted molar refractivity (Wildman–Crippen MR) is 104 cm³/mol. The Balaban J connectivity index is 1.77. The number of rotatable bonds is 6. The van der Waals surface area contributed by atoms with Crippen LogP contribution < -0.4 is 5.32 Å². The average Bonchev–Trinajstić information content (AvgIpc) is 2.69. The van der Waals surface area contributed by atoms with Gasteiger partial charge >= 0.3 is 0 Å². The minimum atomic E-state index is -0.466. The molecule has 1 amide bonds. The van der Waals surface area contributed by atoms with Crippen LogP contribution >= 0.6 is 11.8 Å². The molecule has 0 spiro atoms. The number of benzene rings is 2. The lowest BCUT2D eigenvalue weighted by atomic mass is 10.2. The van der Waals surface area contributed by atoms with E-state index >= 15 is 0 Å². The van der Waals surface area contributed by atoms with Crippen molar-refractivity contribution in [1.82, 2.24) is 10.3 Å². The minimum Gasteiger partial charge on any atom is -0.346 e. The lowest BCUT2D eigenvalue weighted by Gasteiger charge is -2.07. The van der Waals surface area contributed by atoms with Crippen molar-refractivity contribution in [2.75, 3.05) is 0 Å². The van der Waals surface area contributed by atoms with Crippen molar-refractivity contribution in [3.8, 4) is 0 Å².